The number of likely N-dealkylation sites (tertiary alicyclic amines) is 1. The standard InChI is InChI=1S/C12H22N2/c1-2-3-4-8-14-9-11-6-5-7-13-12(11)10-14/h2,11-13H,1,3-10H2/t11-,12+/m0/s1. The molecule has 80 valence electrons. The van der Waals surface area contributed by atoms with Crippen molar-refractivity contribution in [2.45, 2.75) is 31.7 Å². The fraction of sp³-hybridized carbons (Fsp3) is 0.833. The number of piperidine rings is 1. The highest BCUT2D eigenvalue weighted by Crippen LogP contribution is 2.24. The minimum absolute atomic E-state index is 0.799. The molecule has 2 heteroatoms. The van der Waals surface area contributed by atoms with Crippen LogP contribution in [0.5, 0.6) is 0 Å². The summed E-state index contributed by atoms with van der Waals surface area (Å²) in [6.45, 7) is 8.88. The van der Waals surface area contributed by atoms with E-state index < -0.39 is 0 Å². The quantitative estimate of drug-likeness (QED) is 0.540. The Bertz CT molecular complexity index is 177. The second kappa shape index (κ2) is 4.94. The molecule has 2 heterocycles. The summed E-state index contributed by atoms with van der Waals surface area (Å²) in [5.41, 5.74) is 0. The molecular weight excluding hydrogens is 172 g/mol. The predicted molar refractivity (Wildman–Crippen MR) is 60.4 cm³/mol. The van der Waals surface area contributed by atoms with Gasteiger partial charge in [-0.25, -0.2) is 0 Å². The van der Waals surface area contributed by atoms with Gasteiger partial charge in [0.15, 0.2) is 0 Å². The van der Waals surface area contributed by atoms with Crippen molar-refractivity contribution in [2.75, 3.05) is 26.2 Å². The molecule has 0 aliphatic carbocycles. The molecule has 0 saturated carbocycles. The van der Waals surface area contributed by atoms with Crippen LogP contribution >= 0.6 is 0 Å². The van der Waals surface area contributed by atoms with Crippen molar-refractivity contribution in [3.63, 3.8) is 0 Å². The third-order valence-electron chi connectivity index (χ3n) is 3.56. The van der Waals surface area contributed by atoms with Gasteiger partial charge in [0.25, 0.3) is 0 Å². The van der Waals surface area contributed by atoms with E-state index in [9.17, 15) is 0 Å². The number of fused-ring (bicyclic) bond motifs is 1. The van der Waals surface area contributed by atoms with Crippen molar-refractivity contribution in [2.24, 2.45) is 5.92 Å². The number of nitrogens with zero attached hydrogens (tertiary/aromatic N) is 1. The average molecular weight is 194 g/mol. The molecule has 2 atom stereocenters. The van der Waals surface area contributed by atoms with E-state index in [1.807, 2.05) is 6.08 Å². The van der Waals surface area contributed by atoms with E-state index in [4.69, 9.17) is 0 Å². The number of nitrogens with one attached hydrogen (secondary N) is 1. The van der Waals surface area contributed by atoms with Gasteiger partial charge in [-0.2, -0.15) is 0 Å². The normalized spacial score (nSPS) is 32.9. The van der Waals surface area contributed by atoms with Crippen LogP contribution in [-0.4, -0.2) is 37.1 Å². The largest absolute Gasteiger partial charge is 0.312 e. The molecule has 0 amide bonds. The Kier molecular flexibility index (Phi) is 3.60. The maximum atomic E-state index is 3.77. The first-order valence-electron chi connectivity index (χ1n) is 5.97. The molecule has 2 saturated heterocycles. The van der Waals surface area contributed by atoms with Gasteiger partial charge in [0, 0.05) is 19.1 Å². The molecule has 2 rings (SSSR count). The van der Waals surface area contributed by atoms with Crippen LogP contribution in [0, 0.1) is 5.92 Å². The number of hydrogen-bond acceptors (Lipinski definition) is 2. The van der Waals surface area contributed by atoms with Crippen LogP contribution in [0.25, 0.3) is 0 Å². The van der Waals surface area contributed by atoms with Crippen molar-refractivity contribution in [3.05, 3.63) is 12.7 Å². The summed E-state index contributed by atoms with van der Waals surface area (Å²) in [6, 6.07) is 0.799. The summed E-state index contributed by atoms with van der Waals surface area (Å²) in [5, 5.41) is 3.64. The summed E-state index contributed by atoms with van der Waals surface area (Å²) in [7, 11) is 0. The Morgan fingerprint density at radius 3 is 3.14 bits per heavy atom. The summed E-state index contributed by atoms with van der Waals surface area (Å²) in [6.07, 6.45) is 7.29. The third-order valence-corrected chi connectivity index (χ3v) is 3.56. The molecule has 2 nitrogen and oxygen atoms in total. The van der Waals surface area contributed by atoms with Gasteiger partial charge in [-0.05, 0) is 44.7 Å². The monoisotopic (exact) mass is 194 g/mol. The molecule has 0 radical (unpaired) electrons. The number of allylic oxidation sites excluding steroid dienone is 1. The van der Waals surface area contributed by atoms with Crippen LogP contribution in [0.4, 0.5) is 0 Å². The fourth-order valence-corrected chi connectivity index (χ4v) is 2.78. The van der Waals surface area contributed by atoms with E-state index in [-0.39, 0.29) is 0 Å². The van der Waals surface area contributed by atoms with Gasteiger partial charge >= 0.3 is 0 Å². The second-order valence-electron chi connectivity index (χ2n) is 4.65. The van der Waals surface area contributed by atoms with Crippen molar-refractivity contribution < 1.29 is 0 Å². The molecule has 1 N–H and O–H groups in total. The van der Waals surface area contributed by atoms with Gasteiger partial charge in [0.2, 0.25) is 0 Å². The van der Waals surface area contributed by atoms with Crippen LogP contribution < -0.4 is 5.32 Å². The van der Waals surface area contributed by atoms with Gasteiger partial charge in [-0.3, -0.25) is 0 Å². The second-order valence-corrected chi connectivity index (χ2v) is 4.65. The van der Waals surface area contributed by atoms with E-state index >= 15 is 0 Å². The molecule has 0 aromatic heterocycles. The minimum Gasteiger partial charge on any atom is -0.312 e. The maximum absolute atomic E-state index is 3.77. The van der Waals surface area contributed by atoms with Gasteiger partial charge in [-0.15, -0.1) is 6.58 Å². The van der Waals surface area contributed by atoms with Gasteiger partial charge in [-0.1, -0.05) is 6.08 Å². The van der Waals surface area contributed by atoms with Gasteiger partial charge < -0.3 is 10.2 Å². The van der Waals surface area contributed by atoms with E-state index in [2.05, 4.69) is 16.8 Å². The summed E-state index contributed by atoms with van der Waals surface area (Å²) >= 11 is 0. The van der Waals surface area contributed by atoms with Crippen molar-refractivity contribution >= 4 is 0 Å². The molecule has 0 aromatic rings. The predicted octanol–water partition coefficient (Wildman–Crippen LogP) is 1.64. The highest BCUT2D eigenvalue weighted by molar-refractivity contribution is 4.91. The lowest BCUT2D eigenvalue weighted by molar-refractivity contribution is 0.316. The summed E-state index contributed by atoms with van der Waals surface area (Å²) in [4.78, 5) is 2.62. The van der Waals surface area contributed by atoms with Crippen molar-refractivity contribution in [1.82, 2.24) is 10.2 Å². The van der Waals surface area contributed by atoms with Crippen LogP contribution in [0.2, 0.25) is 0 Å². The van der Waals surface area contributed by atoms with E-state index in [1.165, 1.54) is 51.9 Å². The lowest BCUT2D eigenvalue weighted by atomic mass is 9.94. The first kappa shape index (κ1) is 10.2. The maximum Gasteiger partial charge on any atom is 0.0235 e. The lowest BCUT2D eigenvalue weighted by Crippen LogP contribution is -2.40. The average Bonchev–Trinajstić information content (AvgIpc) is 2.60. The van der Waals surface area contributed by atoms with Crippen LogP contribution in [0.3, 0.4) is 0 Å². The molecule has 14 heavy (non-hydrogen) atoms. The molecular formula is C12H22N2. The number of rotatable bonds is 4. The molecule has 2 aliphatic heterocycles. The Morgan fingerprint density at radius 1 is 1.43 bits per heavy atom. The molecule has 0 spiro atoms. The first-order chi connectivity index (χ1) is 6.90. The smallest absolute Gasteiger partial charge is 0.0235 e. The Morgan fingerprint density at radius 2 is 2.36 bits per heavy atom. The van der Waals surface area contributed by atoms with Gasteiger partial charge in [0.05, 0.1) is 0 Å². The molecule has 0 bridgehead atoms. The summed E-state index contributed by atoms with van der Waals surface area (Å²) < 4.78 is 0. The van der Waals surface area contributed by atoms with Crippen LogP contribution in [0.1, 0.15) is 25.7 Å². The van der Waals surface area contributed by atoms with Crippen LogP contribution in [0.15, 0.2) is 12.7 Å². The summed E-state index contributed by atoms with van der Waals surface area (Å²) in [5.74, 6) is 0.937. The first-order valence-corrected chi connectivity index (χ1v) is 5.97. The molecule has 2 aliphatic rings. The topological polar surface area (TPSA) is 15.3 Å². The zero-order valence-electron chi connectivity index (χ0n) is 9.04. The zero-order chi connectivity index (χ0) is 9.80. The minimum atomic E-state index is 0.799. The zero-order valence-corrected chi connectivity index (χ0v) is 9.04. The van der Waals surface area contributed by atoms with Gasteiger partial charge in [0.1, 0.15) is 0 Å². The highest BCUT2D eigenvalue weighted by atomic mass is 15.2. The molecule has 2 fully saturated rings. The Labute approximate surface area is 87.4 Å². The third kappa shape index (κ3) is 2.37. The Hall–Kier alpha value is -0.340. The van der Waals surface area contributed by atoms with E-state index in [0.29, 0.717) is 0 Å². The molecule has 0 unspecified atom stereocenters. The number of unbranched alkanes of at least 4 members (excludes halogenated alkanes) is 1. The SMILES string of the molecule is C=CCCCN1C[C@@H]2CCCN[C@@H]2C1. The van der Waals surface area contributed by atoms with Crippen LogP contribution in [-0.2, 0) is 0 Å². The lowest BCUT2D eigenvalue weighted by Gasteiger charge is -2.24. The van der Waals surface area contributed by atoms with E-state index in [0.717, 1.165) is 12.0 Å². The van der Waals surface area contributed by atoms with Crippen molar-refractivity contribution in [1.29, 1.82) is 0 Å². The highest BCUT2D eigenvalue weighted by Gasteiger charge is 2.33. The van der Waals surface area contributed by atoms with Crippen molar-refractivity contribution in [3.8, 4) is 0 Å². The molecule has 0 aromatic carbocycles. The number of hydrogen-bond donors (Lipinski definition) is 1. The Balaban J connectivity index is 1.72. The van der Waals surface area contributed by atoms with E-state index in [1.54, 1.807) is 0 Å². The fourth-order valence-electron chi connectivity index (χ4n) is 2.78.